The third-order valence-electron chi connectivity index (χ3n) is 5.39. The van der Waals surface area contributed by atoms with Crippen LogP contribution in [-0.2, 0) is 10.2 Å². The number of benzene rings is 3. The molecule has 3 aromatic carbocycles. The van der Waals surface area contributed by atoms with Crippen LogP contribution in [0.25, 0.3) is 6.08 Å². The van der Waals surface area contributed by atoms with E-state index in [1.54, 1.807) is 54.8 Å². The van der Waals surface area contributed by atoms with E-state index in [1.807, 2.05) is 30.3 Å². The Morgan fingerprint density at radius 3 is 2.29 bits per heavy atom. The van der Waals surface area contributed by atoms with Crippen molar-refractivity contribution >= 4 is 24.1 Å². The number of hydrogen-bond donors (Lipinski definition) is 2. The third kappa shape index (κ3) is 6.14. The van der Waals surface area contributed by atoms with Crippen molar-refractivity contribution in [3.05, 3.63) is 101 Å². The first kappa shape index (κ1) is 23.8. The second-order valence-corrected chi connectivity index (χ2v) is 9.06. The smallest absolute Gasteiger partial charge is 0.287 e. The van der Waals surface area contributed by atoms with Crippen LogP contribution in [0.4, 0.5) is 0 Å². The summed E-state index contributed by atoms with van der Waals surface area (Å²) in [5.41, 5.74) is 5.72. The second kappa shape index (κ2) is 10.3. The van der Waals surface area contributed by atoms with E-state index in [1.165, 1.54) is 5.56 Å². The minimum Gasteiger partial charge on any atom is -0.454 e. The topological polar surface area (TPSA) is 89.0 Å². The average Bonchev–Trinajstić information content (AvgIpc) is 3.32. The van der Waals surface area contributed by atoms with Crippen LogP contribution in [0.2, 0.25) is 0 Å². The number of carbonyl (C=O) groups is 2. The molecule has 2 N–H and O–H groups in total. The molecule has 0 spiro atoms. The zero-order valence-electron chi connectivity index (χ0n) is 19.9. The number of rotatable bonds is 6. The van der Waals surface area contributed by atoms with Crippen molar-refractivity contribution in [3.63, 3.8) is 0 Å². The number of hydrogen-bond acceptors (Lipinski definition) is 5. The molecule has 2 amide bonds. The summed E-state index contributed by atoms with van der Waals surface area (Å²) >= 11 is 0. The summed E-state index contributed by atoms with van der Waals surface area (Å²) in [6.45, 7) is 6.59. The van der Waals surface area contributed by atoms with Gasteiger partial charge in [-0.3, -0.25) is 9.59 Å². The first-order valence-electron chi connectivity index (χ1n) is 11.2. The van der Waals surface area contributed by atoms with Crippen LogP contribution in [-0.4, -0.2) is 24.8 Å². The van der Waals surface area contributed by atoms with Gasteiger partial charge in [-0.15, -0.1) is 0 Å². The highest BCUT2D eigenvalue weighted by Crippen LogP contribution is 2.33. The fraction of sp³-hybridized carbons (Fsp3) is 0.179. The standard InChI is InChI=1S/C28H27N3O4/c1-28(2,3)22-12-9-19(10-13-22)17-29-31-27(33)23(30-26(32)21-7-5-4-6-8-21)15-20-11-14-24-25(16-20)35-18-34-24/h4-17H,18H2,1-3H3,(H,30,32)(H,31,33)/b23-15?,29-17-. The second-order valence-electron chi connectivity index (χ2n) is 9.06. The highest BCUT2D eigenvalue weighted by molar-refractivity contribution is 6.05. The molecule has 3 aromatic rings. The quantitative estimate of drug-likeness (QED) is 0.313. The van der Waals surface area contributed by atoms with E-state index >= 15 is 0 Å². The molecule has 178 valence electrons. The Labute approximate surface area is 204 Å². The van der Waals surface area contributed by atoms with Gasteiger partial charge in [-0.2, -0.15) is 5.10 Å². The molecule has 0 radical (unpaired) electrons. The van der Waals surface area contributed by atoms with E-state index in [0.717, 1.165) is 5.56 Å². The summed E-state index contributed by atoms with van der Waals surface area (Å²) in [6, 6.07) is 21.9. The van der Waals surface area contributed by atoms with Crippen molar-refractivity contribution < 1.29 is 19.1 Å². The highest BCUT2D eigenvalue weighted by Gasteiger charge is 2.17. The van der Waals surface area contributed by atoms with E-state index < -0.39 is 11.8 Å². The number of hydrazone groups is 1. The molecule has 1 aliphatic heterocycles. The first-order chi connectivity index (χ1) is 16.8. The van der Waals surface area contributed by atoms with Crippen molar-refractivity contribution in [2.24, 2.45) is 5.10 Å². The van der Waals surface area contributed by atoms with E-state index in [0.29, 0.717) is 22.6 Å². The fourth-order valence-electron chi connectivity index (χ4n) is 3.41. The molecular formula is C28H27N3O4. The van der Waals surface area contributed by atoms with Gasteiger partial charge in [-0.25, -0.2) is 5.43 Å². The molecule has 0 aromatic heterocycles. The molecule has 7 nitrogen and oxygen atoms in total. The van der Waals surface area contributed by atoms with Crippen LogP contribution in [0.15, 0.2) is 83.6 Å². The van der Waals surface area contributed by atoms with Crippen LogP contribution in [0.1, 0.15) is 47.8 Å². The Kier molecular flexibility index (Phi) is 6.96. The molecule has 0 unspecified atom stereocenters. The summed E-state index contributed by atoms with van der Waals surface area (Å²) in [6.07, 6.45) is 3.12. The zero-order valence-corrected chi connectivity index (χ0v) is 19.9. The van der Waals surface area contributed by atoms with Crippen LogP contribution >= 0.6 is 0 Å². The summed E-state index contributed by atoms with van der Waals surface area (Å²) < 4.78 is 10.8. The number of nitrogens with zero attached hydrogens (tertiary/aromatic N) is 1. The monoisotopic (exact) mass is 469 g/mol. The molecule has 35 heavy (non-hydrogen) atoms. The lowest BCUT2D eigenvalue weighted by Gasteiger charge is -2.18. The summed E-state index contributed by atoms with van der Waals surface area (Å²) in [4.78, 5) is 25.7. The lowest BCUT2D eigenvalue weighted by Crippen LogP contribution is -2.32. The average molecular weight is 470 g/mol. The van der Waals surface area contributed by atoms with E-state index in [2.05, 4.69) is 36.6 Å². The molecule has 0 saturated heterocycles. The van der Waals surface area contributed by atoms with Gasteiger partial charge in [0.15, 0.2) is 11.5 Å². The Hall–Kier alpha value is -4.39. The molecule has 0 aliphatic carbocycles. The Morgan fingerprint density at radius 1 is 0.886 bits per heavy atom. The molecule has 0 atom stereocenters. The van der Waals surface area contributed by atoms with Crippen molar-refractivity contribution in [2.45, 2.75) is 26.2 Å². The van der Waals surface area contributed by atoms with Gasteiger partial charge in [-0.05, 0) is 52.4 Å². The van der Waals surface area contributed by atoms with Gasteiger partial charge in [0.25, 0.3) is 11.8 Å². The van der Waals surface area contributed by atoms with Crippen LogP contribution in [0.5, 0.6) is 11.5 Å². The Balaban J connectivity index is 1.52. The largest absolute Gasteiger partial charge is 0.454 e. The number of ether oxygens (including phenoxy) is 2. The molecule has 0 fully saturated rings. The Morgan fingerprint density at radius 2 is 1.57 bits per heavy atom. The maximum absolute atomic E-state index is 13.0. The lowest BCUT2D eigenvalue weighted by molar-refractivity contribution is -0.117. The van der Waals surface area contributed by atoms with Gasteiger partial charge < -0.3 is 14.8 Å². The molecule has 0 saturated carbocycles. The predicted molar refractivity (Wildman–Crippen MR) is 135 cm³/mol. The van der Waals surface area contributed by atoms with E-state index in [4.69, 9.17) is 9.47 Å². The SMILES string of the molecule is CC(C)(C)c1ccc(/C=N\NC(=O)C(=Cc2ccc3c(c2)OCO3)NC(=O)c2ccccc2)cc1. The molecule has 1 heterocycles. The number of amides is 2. The van der Waals surface area contributed by atoms with Crippen molar-refractivity contribution in [1.82, 2.24) is 10.7 Å². The Bertz CT molecular complexity index is 1270. The lowest BCUT2D eigenvalue weighted by atomic mass is 9.87. The molecule has 4 rings (SSSR count). The minimum absolute atomic E-state index is 0.0398. The van der Waals surface area contributed by atoms with Crippen LogP contribution in [0.3, 0.4) is 0 Å². The normalized spacial score (nSPS) is 13.1. The first-order valence-corrected chi connectivity index (χ1v) is 11.2. The van der Waals surface area contributed by atoms with E-state index in [9.17, 15) is 9.59 Å². The van der Waals surface area contributed by atoms with Crippen molar-refractivity contribution in [2.75, 3.05) is 6.79 Å². The van der Waals surface area contributed by atoms with Crippen molar-refractivity contribution in [3.8, 4) is 11.5 Å². The molecule has 7 heteroatoms. The maximum Gasteiger partial charge on any atom is 0.287 e. The predicted octanol–water partition coefficient (Wildman–Crippen LogP) is 4.63. The number of nitrogens with one attached hydrogen (secondary N) is 2. The van der Waals surface area contributed by atoms with Gasteiger partial charge in [0, 0.05) is 5.56 Å². The molecule has 1 aliphatic rings. The maximum atomic E-state index is 13.0. The van der Waals surface area contributed by atoms with Gasteiger partial charge >= 0.3 is 0 Å². The number of fused-ring (bicyclic) bond motifs is 1. The van der Waals surface area contributed by atoms with Crippen LogP contribution < -0.4 is 20.2 Å². The van der Waals surface area contributed by atoms with Crippen LogP contribution in [0, 0.1) is 0 Å². The minimum atomic E-state index is -0.561. The molecular weight excluding hydrogens is 442 g/mol. The third-order valence-corrected chi connectivity index (χ3v) is 5.39. The van der Waals surface area contributed by atoms with Gasteiger partial charge in [0.05, 0.1) is 6.21 Å². The zero-order chi connectivity index (χ0) is 24.8. The highest BCUT2D eigenvalue weighted by atomic mass is 16.7. The summed E-state index contributed by atoms with van der Waals surface area (Å²) in [5.74, 6) is 0.233. The van der Waals surface area contributed by atoms with Gasteiger partial charge in [0.1, 0.15) is 5.70 Å². The fourth-order valence-corrected chi connectivity index (χ4v) is 3.41. The van der Waals surface area contributed by atoms with E-state index in [-0.39, 0.29) is 17.9 Å². The van der Waals surface area contributed by atoms with Gasteiger partial charge in [-0.1, -0.05) is 69.3 Å². The summed E-state index contributed by atoms with van der Waals surface area (Å²) in [7, 11) is 0. The van der Waals surface area contributed by atoms with Gasteiger partial charge in [0.2, 0.25) is 6.79 Å². The molecule has 0 bridgehead atoms. The number of carbonyl (C=O) groups excluding carboxylic acids is 2. The van der Waals surface area contributed by atoms with Crippen molar-refractivity contribution in [1.29, 1.82) is 0 Å². The summed E-state index contributed by atoms with van der Waals surface area (Å²) in [5, 5.41) is 6.76.